The van der Waals surface area contributed by atoms with Crippen molar-refractivity contribution in [3.8, 4) is 11.5 Å². The topological polar surface area (TPSA) is 89.8 Å². The molecule has 8 heteroatoms. The SMILES string of the molecule is CCn1nc(C)c(CCN=C(NC(=O)c2ccc(OC)cc2)Nc2cccc(OC)c2)c1C. The maximum atomic E-state index is 12.8. The number of aliphatic imine (C=N–C) groups is 1. The summed E-state index contributed by atoms with van der Waals surface area (Å²) in [5, 5.41) is 10.7. The van der Waals surface area contributed by atoms with Crippen molar-refractivity contribution in [2.45, 2.75) is 33.7 Å². The minimum Gasteiger partial charge on any atom is -0.497 e. The number of benzene rings is 2. The van der Waals surface area contributed by atoms with E-state index in [9.17, 15) is 4.79 Å². The van der Waals surface area contributed by atoms with Gasteiger partial charge in [-0.25, -0.2) is 0 Å². The summed E-state index contributed by atoms with van der Waals surface area (Å²) in [6, 6.07) is 14.4. The second kappa shape index (κ2) is 11.2. The molecular weight excluding hydrogens is 418 g/mol. The van der Waals surface area contributed by atoms with E-state index in [-0.39, 0.29) is 5.91 Å². The average molecular weight is 450 g/mol. The first-order valence-electron chi connectivity index (χ1n) is 10.9. The van der Waals surface area contributed by atoms with Crippen molar-refractivity contribution in [2.24, 2.45) is 4.99 Å². The highest BCUT2D eigenvalue weighted by Gasteiger charge is 2.12. The number of nitrogens with one attached hydrogen (secondary N) is 2. The Kier molecular flexibility index (Phi) is 8.07. The van der Waals surface area contributed by atoms with Crippen LogP contribution in [0.25, 0.3) is 0 Å². The lowest BCUT2D eigenvalue weighted by molar-refractivity contribution is 0.0977. The number of aromatic nitrogens is 2. The lowest BCUT2D eigenvalue weighted by Gasteiger charge is -2.13. The zero-order valence-corrected chi connectivity index (χ0v) is 19.8. The Labute approximate surface area is 194 Å². The predicted molar refractivity (Wildman–Crippen MR) is 130 cm³/mol. The van der Waals surface area contributed by atoms with Crippen molar-refractivity contribution in [3.05, 3.63) is 71.0 Å². The number of hydrogen-bond acceptors (Lipinski definition) is 5. The molecule has 0 fully saturated rings. The molecule has 0 saturated heterocycles. The maximum absolute atomic E-state index is 12.8. The van der Waals surface area contributed by atoms with E-state index >= 15 is 0 Å². The first-order valence-corrected chi connectivity index (χ1v) is 10.9. The Morgan fingerprint density at radius 3 is 2.42 bits per heavy atom. The number of aryl methyl sites for hydroxylation is 2. The van der Waals surface area contributed by atoms with Crippen molar-refractivity contribution in [2.75, 3.05) is 26.1 Å². The van der Waals surface area contributed by atoms with Gasteiger partial charge in [-0.15, -0.1) is 0 Å². The molecule has 0 unspecified atom stereocenters. The molecule has 0 atom stereocenters. The molecule has 3 rings (SSSR count). The lowest BCUT2D eigenvalue weighted by Crippen LogP contribution is -2.36. The highest BCUT2D eigenvalue weighted by molar-refractivity contribution is 6.10. The van der Waals surface area contributed by atoms with E-state index in [0.29, 0.717) is 29.6 Å². The highest BCUT2D eigenvalue weighted by Crippen LogP contribution is 2.17. The molecule has 2 aromatic carbocycles. The van der Waals surface area contributed by atoms with E-state index in [0.717, 1.165) is 30.0 Å². The van der Waals surface area contributed by atoms with Gasteiger partial charge in [-0.1, -0.05) is 6.07 Å². The van der Waals surface area contributed by atoms with Crippen LogP contribution in [-0.4, -0.2) is 42.4 Å². The van der Waals surface area contributed by atoms with Gasteiger partial charge >= 0.3 is 0 Å². The van der Waals surface area contributed by atoms with E-state index in [2.05, 4.69) is 34.6 Å². The maximum Gasteiger partial charge on any atom is 0.257 e. The fourth-order valence-electron chi connectivity index (χ4n) is 3.55. The molecule has 0 bridgehead atoms. The molecule has 1 aromatic heterocycles. The molecule has 1 heterocycles. The molecule has 174 valence electrons. The van der Waals surface area contributed by atoms with Crippen molar-refractivity contribution < 1.29 is 14.3 Å². The molecule has 0 spiro atoms. The largest absolute Gasteiger partial charge is 0.497 e. The van der Waals surface area contributed by atoms with Crippen LogP contribution in [0.15, 0.2) is 53.5 Å². The molecule has 0 aliphatic rings. The fourth-order valence-corrected chi connectivity index (χ4v) is 3.55. The van der Waals surface area contributed by atoms with Crippen LogP contribution in [0.3, 0.4) is 0 Å². The molecule has 0 saturated carbocycles. The number of rotatable bonds is 8. The quantitative estimate of drug-likeness (QED) is 0.401. The summed E-state index contributed by atoms with van der Waals surface area (Å²) < 4.78 is 12.5. The third kappa shape index (κ3) is 6.12. The fraction of sp³-hybridized carbons (Fsp3) is 0.320. The number of amides is 1. The molecule has 8 nitrogen and oxygen atoms in total. The van der Waals surface area contributed by atoms with Crippen LogP contribution < -0.4 is 20.1 Å². The van der Waals surface area contributed by atoms with Crippen molar-refractivity contribution in [1.82, 2.24) is 15.1 Å². The van der Waals surface area contributed by atoms with Crippen molar-refractivity contribution >= 4 is 17.6 Å². The van der Waals surface area contributed by atoms with Crippen LogP contribution in [-0.2, 0) is 13.0 Å². The molecule has 0 aliphatic heterocycles. The highest BCUT2D eigenvalue weighted by atomic mass is 16.5. The van der Waals surface area contributed by atoms with Gasteiger partial charge in [0.2, 0.25) is 5.96 Å². The van der Waals surface area contributed by atoms with Gasteiger partial charge in [-0.05, 0) is 69.2 Å². The van der Waals surface area contributed by atoms with Gasteiger partial charge in [0, 0.05) is 36.1 Å². The Bertz CT molecular complexity index is 1120. The monoisotopic (exact) mass is 449 g/mol. The second-order valence-corrected chi connectivity index (χ2v) is 7.49. The number of ether oxygens (including phenoxy) is 2. The Hall–Kier alpha value is -3.81. The normalized spacial score (nSPS) is 11.2. The minimum absolute atomic E-state index is 0.266. The summed E-state index contributed by atoms with van der Waals surface area (Å²) in [5.74, 6) is 1.49. The Morgan fingerprint density at radius 2 is 1.79 bits per heavy atom. The number of carbonyl (C=O) groups excluding carboxylic acids is 1. The molecule has 0 radical (unpaired) electrons. The van der Waals surface area contributed by atoms with Gasteiger partial charge < -0.3 is 14.8 Å². The standard InChI is InChI=1S/C25H31N5O3/c1-6-30-18(3)23(17(2)29-30)14-15-26-25(27-20-8-7-9-22(16-20)33-5)28-24(31)19-10-12-21(32-4)13-11-19/h7-13,16H,6,14-15H2,1-5H3,(H2,26,27,28,31). The van der Waals surface area contributed by atoms with Crippen molar-refractivity contribution in [1.29, 1.82) is 0 Å². The number of carbonyl (C=O) groups is 1. The number of hydrogen-bond donors (Lipinski definition) is 2. The summed E-state index contributed by atoms with van der Waals surface area (Å²) in [6.45, 7) is 7.48. The van der Waals surface area contributed by atoms with Crippen LogP contribution in [0.1, 0.15) is 34.2 Å². The smallest absolute Gasteiger partial charge is 0.257 e. The van der Waals surface area contributed by atoms with E-state index in [4.69, 9.17) is 9.47 Å². The third-order valence-corrected chi connectivity index (χ3v) is 5.38. The summed E-state index contributed by atoms with van der Waals surface area (Å²) in [7, 11) is 3.20. The second-order valence-electron chi connectivity index (χ2n) is 7.49. The number of methoxy groups -OCH3 is 2. The number of anilines is 1. The molecule has 0 aliphatic carbocycles. The lowest BCUT2D eigenvalue weighted by atomic mass is 10.1. The Morgan fingerprint density at radius 1 is 1.06 bits per heavy atom. The minimum atomic E-state index is -0.266. The number of guanidine groups is 1. The molecule has 1 amide bonds. The van der Waals surface area contributed by atoms with Crippen LogP contribution in [0, 0.1) is 13.8 Å². The van der Waals surface area contributed by atoms with Crippen LogP contribution in [0.2, 0.25) is 0 Å². The van der Waals surface area contributed by atoms with Gasteiger partial charge in [-0.2, -0.15) is 5.10 Å². The summed E-state index contributed by atoms with van der Waals surface area (Å²) in [4.78, 5) is 17.5. The molecule has 3 aromatic rings. The molecule has 33 heavy (non-hydrogen) atoms. The van der Waals surface area contributed by atoms with Gasteiger partial charge in [0.15, 0.2) is 0 Å². The van der Waals surface area contributed by atoms with E-state index in [1.165, 1.54) is 5.56 Å². The Balaban J connectivity index is 1.79. The molecular formula is C25H31N5O3. The summed E-state index contributed by atoms with van der Waals surface area (Å²) in [5.41, 5.74) is 4.60. The van der Waals surface area contributed by atoms with E-state index in [1.54, 1.807) is 38.5 Å². The predicted octanol–water partition coefficient (Wildman–Crippen LogP) is 3.98. The van der Waals surface area contributed by atoms with Gasteiger partial charge in [0.05, 0.1) is 19.9 Å². The van der Waals surface area contributed by atoms with Crippen LogP contribution in [0.4, 0.5) is 5.69 Å². The van der Waals surface area contributed by atoms with Gasteiger partial charge in [-0.3, -0.25) is 19.8 Å². The first kappa shape index (κ1) is 23.8. The van der Waals surface area contributed by atoms with E-state index in [1.807, 2.05) is 35.9 Å². The number of nitrogens with zero attached hydrogens (tertiary/aromatic N) is 3. The third-order valence-electron chi connectivity index (χ3n) is 5.38. The van der Waals surface area contributed by atoms with Crippen LogP contribution >= 0.6 is 0 Å². The van der Waals surface area contributed by atoms with Gasteiger partial charge in [0.1, 0.15) is 11.5 Å². The zero-order chi connectivity index (χ0) is 23.8. The van der Waals surface area contributed by atoms with Crippen molar-refractivity contribution in [3.63, 3.8) is 0 Å². The molecule has 2 N–H and O–H groups in total. The average Bonchev–Trinajstić information content (AvgIpc) is 3.11. The summed E-state index contributed by atoms with van der Waals surface area (Å²) >= 11 is 0. The van der Waals surface area contributed by atoms with Crippen LogP contribution in [0.5, 0.6) is 11.5 Å². The first-order chi connectivity index (χ1) is 15.9. The van der Waals surface area contributed by atoms with Gasteiger partial charge in [0.25, 0.3) is 5.91 Å². The van der Waals surface area contributed by atoms with E-state index < -0.39 is 0 Å². The zero-order valence-electron chi connectivity index (χ0n) is 19.8. The summed E-state index contributed by atoms with van der Waals surface area (Å²) in [6.07, 6.45) is 0.722.